The molecule has 12 heteroatoms. The molecule has 0 radical (unpaired) electrons. The minimum Gasteiger partial charge on any atom is -0.390 e. The Labute approximate surface area is 321 Å². The number of hydrogen-bond donors (Lipinski definition) is 4. The fourth-order valence-electron chi connectivity index (χ4n) is 10.1. The number of carbonyl (C=O) groups is 2. The number of aliphatic hydroxyl groups is 3. The number of nitrogens with one attached hydrogen (secondary N) is 1. The summed E-state index contributed by atoms with van der Waals surface area (Å²) in [6.45, 7) is 4.48. The number of ketones is 2. The molecule has 55 heavy (non-hydrogen) atoms. The first kappa shape index (κ1) is 38.8. The van der Waals surface area contributed by atoms with Crippen LogP contribution in [0.15, 0.2) is 102 Å². The van der Waals surface area contributed by atoms with Crippen LogP contribution in [0.3, 0.4) is 0 Å². The number of H-pyrrole nitrogens is 1. The Kier molecular flexibility index (Phi) is 10.0. The van der Waals surface area contributed by atoms with Crippen molar-refractivity contribution in [1.82, 2.24) is 15.0 Å². The van der Waals surface area contributed by atoms with Crippen LogP contribution >= 0.6 is 0 Å². The lowest BCUT2D eigenvalue weighted by Crippen LogP contribution is -2.69. The van der Waals surface area contributed by atoms with Gasteiger partial charge in [-0.05, 0) is 105 Å². The quantitative estimate of drug-likeness (QED) is 0.172. The van der Waals surface area contributed by atoms with Gasteiger partial charge in [-0.2, -0.15) is 0 Å². The lowest BCUT2D eigenvalue weighted by atomic mass is 9.44. The van der Waals surface area contributed by atoms with Gasteiger partial charge < -0.3 is 20.3 Å². The summed E-state index contributed by atoms with van der Waals surface area (Å²) >= 11 is 0. The Morgan fingerprint density at radius 3 is 2.29 bits per heavy atom. The lowest BCUT2D eigenvalue weighted by Gasteiger charge is -2.62. The SMILES string of the molecule is CS(=O)c1ccc(-c2nc(-c3ccc(F)cc3)c(-c3ccncc3)[nH]2)cc1.C[C@@H]1C[C@H]2[C@@H]3CCC4=CC(=O)C=C[C@]4(C)[C@@]3(F)[C@@H](O)C[C@]2(C)[C@@]1(O)C(=O)CO. The Hall–Kier alpha value is -4.49. The highest BCUT2D eigenvalue weighted by atomic mass is 32.2. The van der Waals surface area contributed by atoms with Crippen LogP contribution in [0, 0.1) is 34.4 Å². The summed E-state index contributed by atoms with van der Waals surface area (Å²) < 4.78 is 41.8. The minimum atomic E-state index is -1.98. The first-order valence-electron chi connectivity index (χ1n) is 18.5. The van der Waals surface area contributed by atoms with Crippen molar-refractivity contribution >= 4 is 22.4 Å². The van der Waals surface area contributed by atoms with E-state index in [1.165, 1.54) is 24.3 Å². The molecule has 2 aromatic carbocycles. The fourth-order valence-corrected chi connectivity index (χ4v) is 10.6. The van der Waals surface area contributed by atoms with Gasteiger partial charge in [0.2, 0.25) is 0 Å². The van der Waals surface area contributed by atoms with Crippen molar-refractivity contribution in [1.29, 1.82) is 0 Å². The highest BCUT2D eigenvalue weighted by molar-refractivity contribution is 7.84. The third-order valence-corrected chi connectivity index (χ3v) is 14.0. The highest BCUT2D eigenvalue weighted by Crippen LogP contribution is 2.70. The van der Waals surface area contributed by atoms with Gasteiger partial charge >= 0.3 is 0 Å². The molecule has 3 saturated carbocycles. The summed E-state index contributed by atoms with van der Waals surface area (Å²) in [4.78, 5) is 37.3. The summed E-state index contributed by atoms with van der Waals surface area (Å²) in [6.07, 6.45) is 9.52. The molecule has 288 valence electrons. The van der Waals surface area contributed by atoms with E-state index in [1.54, 1.807) is 57.6 Å². The molecule has 4 aliphatic rings. The molecule has 8 rings (SSSR count). The summed E-state index contributed by atoms with van der Waals surface area (Å²) in [7, 11) is -1.03. The minimum absolute atomic E-state index is 0.0676. The Morgan fingerprint density at radius 1 is 1.00 bits per heavy atom. The van der Waals surface area contributed by atoms with Gasteiger partial charge in [0, 0.05) is 67.8 Å². The molecule has 0 spiro atoms. The van der Waals surface area contributed by atoms with E-state index in [4.69, 9.17) is 4.98 Å². The number of imidazole rings is 1. The van der Waals surface area contributed by atoms with Gasteiger partial charge in [0.25, 0.3) is 0 Å². The number of fused-ring (bicyclic) bond motifs is 5. The average molecular weight is 770 g/mol. The maximum atomic E-state index is 16.9. The van der Waals surface area contributed by atoms with Crippen molar-refractivity contribution in [3.8, 4) is 33.9 Å². The third kappa shape index (κ3) is 6.09. The van der Waals surface area contributed by atoms with Crippen molar-refractivity contribution in [3.63, 3.8) is 0 Å². The molecule has 0 amide bonds. The van der Waals surface area contributed by atoms with E-state index in [-0.39, 0.29) is 23.9 Å². The van der Waals surface area contributed by atoms with Gasteiger partial charge in [-0.1, -0.05) is 37.6 Å². The number of Topliss-reactive ketones (excluding diaryl/α,β-unsaturated/α-hetero) is 1. The molecule has 0 aliphatic heterocycles. The van der Waals surface area contributed by atoms with E-state index in [0.717, 1.165) is 33.0 Å². The van der Waals surface area contributed by atoms with Crippen LogP contribution in [0.4, 0.5) is 8.78 Å². The predicted octanol–water partition coefficient (Wildman–Crippen LogP) is 6.58. The largest absolute Gasteiger partial charge is 0.390 e. The zero-order valence-electron chi connectivity index (χ0n) is 31.1. The van der Waals surface area contributed by atoms with Crippen molar-refractivity contribution in [3.05, 3.63) is 103 Å². The molecule has 3 fully saturated rings. The average Bonchev–Trinajstić information content (AvgIpc) is 3.71. The van der Waals surface area contributed by atoms with Crippen LogP contribution in [-0.4, -0.2) is 76.3 Å². The van der Waals surface area contributed by atoms with Crippen LogP contribution in [-0.2, 0) is 20.4 Å². The molecule has 4 aromatic rings. The summed E-state index contributed by atoms with van der Waals surface area (Å²) in [6, 6.07) is 17.5. The molecule has 0 saturated heterocycles. The van der Waals surface area contributed by atoms with Crippen LogP contribution in [0.2, 0.25) is 0 Å². The van der Waals surface area contributed by atoms with Gasteiger partial charge in [-0.3, -0.25) is 18.8 Å². The summed E-state index contributed by atoms with van der Waals surface area (Å²) in [5.74, 6) is -1.72. The monoisotopic (exact) mass is 769 g/mol. The second-order valence-corrected chi connectivity index (χ2v) is 17.2. The Bertz CT molecular complexity index is 2210. The van der Waals surface area contributed by atoms with Crippen molar-refractivity contribution < 1.29 is 37.9 Å². The van der Waals surface area contributed by atoms with E-state index in [1.807, 2.05) is 36.4 Å². The number of halogens is 2. The number of pyridine rings is 1. The number of nitrogens with zero attached hydrogens (tertiary/aromatic N) is 2. The van der Waals surface area contributed by atoms with Crippen molar-refractivity contribution in [2.24, 2.45) is 28.6 Å². The van der Waals surface area contributed by atoms with E-state index in [9.17, 15) is 33.5 Å². The smallest absolute Gasteiger partial charge is 0.190 e. The van der Waals surface area contributed by atoms with Crippen LogP contribution in [0.1, 0.15) is 46.5 Å². The number of rotatable bonds is 6. The predicted molar refractivity (Wildman–Crippen MR) is 205 cm³/mol. The number of aromatic amines is 1. The molecule has 4 N–H and O–H groups in total. The lowest BCUT2D eigenvalue weighted by molar-refractivity contribution is -0.219. The fraction of sp³-hybridized carbons (Fsp3) is 0.395. The highest BCUT2D eigenvalue weighted by Gasteiger charge is 2.75. The van der Waals surface area contributed by atoms with Crippen LogP contribution in [0.5, 0.6) is 0 Å². The zero-order valence-corrected chi connectivity index (χ0v) is 31.9. The Balaban J connectivity index is 0.000000169. The molecule has 1 unspecified atom stereocenters. The number of allylic oxidation sites excluding steroid dienone is 4. The summed E-state index contributed by atoms with van der Waals surface area (Å²) in [5.41, 5.74) is -0.960. The molecular weight excluding hydrogens is 725 g/mol. The number of alkyl halides is 1. The molecule has 2 heterocycles. The molecule has 2 aromatic heterocycles. The number of aromatic nitrogens is 3. The van der Waals surface area contributed by atoms with Crippen molar-refractivity contribution in [2.45, 2.75) is 68.7 Å². The van der Waals surface area contributed by atoms with Gasteiger partial charge in [0.1, 0.15) is 23.8 Å². The number of carbonyl (C=O) groups excluding carboxylic acids is 2. The van der Waals surface area contributed by atoms with Crippen LogP contribution < -0.4 is 0 Å². The topological polar surface area (TPSA) is 153 Å². The molecule has 0 bridgehead atoms. The second-order valence-electron chi connectivity index (χ2n) is 15.8. The van der Waals surface area contributed by atoms with Gasteiger partial charge in [-0.15, -0.1) is 0 Å². The second kappa shape index (κ2) is 14.2. The van der Waals surface area contributed by atoms with E-state index >= 15 is 4.39 Å². The molecule has 9 nitrogen and oxygen atoms in total. The zero-order chi connectivity index (χ0) is 39.5. The third-order valence-electron chi connectivity index (χ3n) is 13.0. The number of benzene rings is 2. The molecule has 9 atom stereocenters. The number of hydrogen-bond acceptors (Lipinski definition) is 8. The number of aliphatic hydroxyl groups excluding tert-OH is 2. The summed E-state index contributed by atoms with van der Waals surface area (Å²) in [5, 5.41) is 32.0. The molecule has 4 aliphatic carbocycles. The molecular formula is C43H45F2N3O6S. The maximum Gasteiger partial charge on any atom is 0.190 e. The van der Waals surface area contributed by atoms with Gasteiger partial charge in [0.15, 0.2) is 17.2 Å². The first-order valence-corrected chi connectivity index (χ1v) is 20.0. The van der Waals surface area contributed by atoms with E-state index in [0.29, 0.717) is 30.7 Å². The van der Waals surface area contributed by atoms with E-state index < -0.39 is 63.2 Å². The maximum absolute atomic E-state index is 16.9. The first-order chi connectivity index (χ1) is 26.1. The van der Waals surface area contributed by atoms with Gasteiger partial charge in [0.05, 0.1) is 17.5 Å². The Morgan fingerprint density at radius 2 is 1.65 bits per heavy atom. The van der Waals surface area contributed by atoms with Gasteiger partial charge in [-0.25, -0.2) is 13.8 Å². The van der Waals surface area contributed by atoms with E-state index in [2.05, 4.69) is 9.97 Å². The van der Waals surface area contributed by atoms with Crippen LogP contribution in [0.25, 0.3) is 33.9 Å². The normalized spacial score (nSPS) is 32.7. The standard InChI is InChI=1S/C22H29FO5.C21H16FN3OS/c1-12-8-16-15-5-4-13-9-14(25)6-7-19(13,2)21(15,23)17(26)10-20(16,3)22(12,28)18(27)11-24;1-27(26)18-8-4-16(5-9-18)21-24-19(14-2-6-17(22)7-3-14)20(25-21)15-10-12-23-13-11-15/h6-7,9,12,15-17,24,26,28H,4-5,8,10-11H2,1-3H3;2-13H,1H3,(H,24,25)/t12-,15+,16+,17+,19+,20+,21+,22+;/m1./s1. The van der Waals surface area contributed by atoms with Crippen molar-refractivity contribution in [2.75, 3.05) is 12.9 Å².